The monoisotopic (exact) mass is 300 g/mol. The molecule has 0 unspecified atom stereocenters. The van der Waals surface area contributed by atoms with Crippen LogP contribution in [-0.2, 0) is 5.41 Å². The average Bonchev–Trinajstić information content (AvgIpc) is 2.34. The molecule has 22 heavy (non-hydrogen) atoms. The van der Waals surface area contributed by atoms with E-state index in [0.717, 1.165) is 36.9 Å². The van der Waals surface area contributed by atoms with Crippen molar-refractivity contribution in [2.75, 3.05) is 0 Å². The topological polar surface area (TPSA) is 56.0 Å². The summed E-state index contributed by atoms with van der Waals surface area (Å²) in [6.07, 6.45) is 4.72. The van der Waals surface area contributed by atoms with Gasteiger partial charge in [-0.3, -0.25) is 9.78 Å². The molecule has 2 N–H and O–H groups in total. The number of rotatable bonds is 3. The zero-order chi connectivity index (χ0) is 15.5. The van der Waals surface area contributed by atoms with Crippen molar-refractivity contribution in [2.24, 2.45) is 11.7 Å². The second-order valence-corrected chi connectivity index (χ2v) is 6.40. The first-order valence-corrected chi connectivity index (χ1v) is 7.24. The molecule has 112 valence electrons. The van der Waals surface area contributed by atoms with E-state index >= 15 is 0 Å². The maximum absolute atomic E-state index is 13.4. The van der Waals surface area contributed by atoms with E-state index in [9.17, 15) is 13.6 Å². The maximum Gasteiger partial charge on any atom is 0.250 e. The van der Waals surface area contributed by atoms with Gasteiger partial charge in [0.25, 0.3) is 5.91 Å². The van der Waals surface area contributed by atoms with Crippen molar-refractivity contribution in [1.82, 2.24) is 4.98 Å². The second-order valence-electron chi connectivity index (χ2n) is 6.40. The van der Waals surface area contributed by atoms with Gasteiger partial charge in [0.05, 0.1) is 11.3 Å². The van der Waals surface area contributed by atoms with Crippen molar-refractivity contribution in [3.05, 3.63) is 53.4 Å². The number of primary amides is 1. The fourth-order valence-electron chi connectivity index (χ4n) is 3.72. The number of aromatic nitrogens is 1. The van der Waals surface area contributed by atoms with Crippen LogP contribution in [0.1, 0.15) is 35.3 Å². The molecule has 1 aromatic heterocycles. The number of hydrogen-bond donors (Lipinski definition) is 1. The van der Waals surface area contributed by atoms with Crippen molar-refractivity contribution >= 4 is 5.91 Å². The molecule has 5 heteroatoms. The number of pyridine rings is 1. The van der Waals surface area contributed by atoms with Gasteiger partial charge < -0.3 is 5.73 Å². The Hall–Kier alpha value is -2.30. The Morgan fingerprint density at radius 2 is 1.73 bits per heavy atom. The highest BCUT2D eigenvalue weighted by Crippen LogP contribution is 2.65. The van der Waals surface area contributed by atoms with Crippen molar-refractivity contribution in [3.63, 3.8) is 0 Å². The molecular formula is C17H14F2N2O. The minimum absolute atomic E-state index is 0.000742. The number of halogens is 2. The summed E-state index contributed by atoms with van der Waals surface area (Å²) in [5, 5.41) is 0. The van der Waals surface area contributed by atoms with Crippen LogP contribution in [0, 0.1) is 17.6 Å². The first-order valence-electron chi connectivity index (χ1n) is 7.24. The lowest BCUT2D eigenvalue weighted by molar-refractivity contribution is -0.0313. The van der Waals surface area contributed by atoms with Crippen LogP contribution >= 0.6 is 0 Å². The first-order chi connectivity index (χ1) is 10.5. The third kappa shape index (κ3) is 1.85. The van der Waals surface area contributed by atoms with Gasteiger partial charge in [-0.25, -0.2) is 8.78 Å². The van der Waals surface area contributed by atoms with Gasteiger partial charge in [-0.2, -0.15) is 0 Å². The van der Waals surface area contributed by atoms with E-state index in [4.69, 9.17) is 5.73 Å². The summed E-state index contributed by atoms with van der Waals surface area (Å²) in [6, 6.07) is 4.83. The molecule has 3 nitrogen and oxygen atoms in total. The molecule has 0 radical (unpaired) electrons. The van der Waals surface area contributed by atoms with Crippen molar-refractivity contribution in [1.29, 1.82) is 0 Å². The minimum Gasteiger partial charge on any atom is -0.366 e. The van der Waals surface area contributed by atoms with Crippen molar-refractivity contribution in [3.8, 4) is 11.1 Å². The molecule has 0 spiro atoms. The smallest absolute Gasteiger partial charge is 0.250 e. The van der Waals surface area contributed by atoms with Crippen LogP contribution in [0.3, 0.4) is 0 Å². The van der Waals surface area contributed by atoms with Crippen LogP contribution in [-0.4, -0.2) is 10.9 Å². The zero-order valence-electron chi connectivity index (χ0n) is 11.8. The van der Waals surface area contributed by atoms with E-state index in [1.807, 2.05) is 0 Å². The van der Waals surface area contributed by atoms with Crippen molar-refractivity contribution < 1.29 is 13.6 Å². The molecule has 5 rings (SSSR count). The molecular weight excluding hydrogens is 286 g/mol. The van der Waals surface area contributed by atoms with E-state index in [1.165, 1.54) is 12.1 Å². The Balaban J connectivity index is 1.81. The maximum atomic E-state index is 13.4. The van der Waals surface area contributed by atoms with Gasteiger partial charge in [0.15, 0.2) is 0 Å². The predicted molar refractivity (Wildman–Crippen MR) is 77.1 cm³/mol. The van der Waals surface area contributed by atoms with Gasteiger partial charge in [-0.05, 0) is 48.9 Å². The number of benzene rings is 1. The SMILES string of the molecule is NC(=O)c1cc(-c2cc(F)cc(F)c2)cnc1C12CC(C1)C2. The summed E-state index contributed by atoms with van der Waals surface area (Å²) in [5.74, 6) is -1.14. The second kappa shape index (κ2) is 4.35. The van der Waals surface area contributed by atoms with E-state index in [2.05, 4.69) is 4.98 Å². The molecule has 2 aromatic rings. The van der Waals surface area contributed by atoms with Gasteiger partial charge in [-0.15, -0.1) is 0 Å². The Bertz CT molecular complexity index is 766. The Labute approximate surface area is 126 Å². The Morgan fingerprint density at radius 3 is 2.23 bits per heavy atom. The van der Waals surface area contributed by atoms with Gasteiger partial charge in [0.2, 0.25) is 0 Å². The molecule has 1 aromatic carbocycles. The molecule has 3 aliphatic carbocycles. The largest absolute Gasteiger partial charge is 0.366 e. The van der Waals surface area contributed by atoms with Gasteiger partial charge in [-0.1, -0.05) is 0 Å². The van der Waals surface area contributed by atoms with E-state index < -0.39 is 17.5 Å². The summed E-state index contributed by atoms with van der Waals surface area (Å²) in [5.41, 5.74) is 7.42. The van der Waals surface area contributed by atoms with E-state index in [1.54, 1.807) is 12.3 Å². The molecule has 0 aliphatic heterocycles. The lowest BCUT2D eigenvalue weighted by Crippen LogP contribution is -2.56. The van der Waals surface area contributed by atoms with Crippen LogP contribution in [0.25, 0.3) is 11.1 Å². The van der Waals surface area contributed by atoms with Crippen LogP contribution in [0.5, 0.6) is 0 Å². The van der Waals surface area contributed by atoms with Crippen LogP contribution < -0.4 is 5.73 Å². The highest BCUT2D eigenvalue weighted by atomic mass is 19.1. The lowest BCUT2D eigenvalue weighted by Gasteiger charge is -2.61. The fourth-order valence-corrected chi connectivity index (χ4v) is 3.72. The third-order valence-electron chi connectivity index (χ3n) is 4.89. The normalized spacial score (nSPS) is 25.3. The Kier molecular flexibility index (Phi) is 2.64. The lowest BCUT2D eigenvalue weighted by atomic mass is 9.43. The standard InChI is InChI=1S/C17H14F2N2O/c18-12-1-10(2-13(19)4-12)11-3-14(16(20)22)15(21-8-11)17-5-9(6-17)7-17/h1-4,8-9H,5-7H2,(H2,20,22). The molecule has 1 amide bonds. The molecule has 3 saturated carbocycles. The van der Waals surface area contributed by atoms with Crippen molar-refractivity contribution in [2.45, 2.75) is 24.7 Å². The third-order valence-corrected chi connectivity index (χ3v) is 4.89. The molecule has 0 atom stereocenters. The summed E-state index contributed by atoms with van der Waals surface area (Å²) in [7, 11) is 0. The molecule has 1 heterocycles. The van der Waals surface area contributed by atoms with Gasteiger partial charge in [0, 0.05) is 23.2 Å². The van der Waals surface area contributed by atoms with Gasteiger partial charge in [0.1, 0.15) is 11.6 Å². The molecule has 2 bridgehead atoms. The fraction of sp³-hybridized carbons (Fsp3) is 0.294. The summed E-state index contributed by atoms with van der Waals surface area (Å²) in [4.78, 5) is 16.2. The van der Waals surface area contributed by atoms with Gasteiger partial charge >= 0.3 is 0 Å². The predicted octanol–water partition coefficient (Wildman–Crippen LogP) is 3.18. The number of carbonyl (C=O) groups is 1. The number of hydrogen-bond acceptors (Lipinski definition) is 2. The Morgan fingerprint density at radius 1 is 1.09 bits per heavy atom. The number of nitrogens with zero attached hydrogens (tertiary/aromatic N) is 1. The number of carbonyl (C=O) groups excluding carboxylic acids is 1. The molecule has 3 aliphatic rings. The van der Waals surface area contributed by atoms with E-state index in [0.29, 0.717) is 16.7 Å². The summed E-state index contributed by atoms with van der Waals surface area (Å²) < 4.78 is 26.7. The average molecular weight is 300 g/mol. The number of nitrogens with two attached hydrogens (primary N) is 1. The minimum atomic E-state index is -0.667. The van der Waals surface area contributed by atoms with Crippen LogP contribution in [0.15, 0.2) is 30.5 Å². The van der Waals surface area contributed by atoms with E-state index in [-0.39, 0.29) is 5.41 Å². The molecule has 0 saturated heterocycles. The highest BCUT2D eigenvalue weighted by Gasteiger charge is 2.59. The molecule has 3 fully saturated rings. The summed E-state index contributed by atoms with van der Waals surface area (Å²) in [6.45, 7) is 0. The first kappa shape index (κ1) is 13.4. The highest BCUT2D eigenvalue weighted by molar-refractivity contribution is 5.95. The van der Waals surface area contributed by atoms with Crippen LogP contribution in [0.4, 0.5) is 8.78 Å². The summed E-state index contributed by atoms with van der Waals surface area (Å²) >= 11 is 0. The van der Waals surface area contributed by atoms with Crippen LogP contribution in [0.2, 0.25) is 0 Å². The zero-order valence-corrected chi connectivity index (χ0v) is 11.8. The number of amides is 1. The quantitative estimate of drug-likeness (QED) is 0.946.